The molecule has 0 spiro atoms. The Labute approximate surface area is 172 Å². The molecule has 0 radical (unpaired) electrons. The van der Waals surface area contributed by atoms with Crippen molar-refractivity contribution in [2.24, 2.45) is 0 Å². The second-order valence-corrected chi connectivity index (χ2v) is 7.16. The van der Waals surface area contributed by atoms with Gasteiger partial charge in [-0.05, 0) is 36.8 Å². The van der Waals surface area contributed by atoms with E-state index in [0.717, 1.165) is 17.1 Å². The van der Waals surface area contributed by atoms with Gasteiger partial charge in [0.25, 0.3) is 0 Å². The van der Waals surface area contributed by atoms with Gasteiger partial charge in [-0.3, -0.25) is 15.2 Å². The number of nitrogens with one attached hydrogen (secondary N) is 3. The molecule has 0 atom stereocenters. The van der Waals surface area contributed by atoms with Gasteiger partial charge in [0.2, 0.25) is 11.1 Å². The first kappa shape index (κ1) is 20.4. The fourth-order valence-corrected chi connectivity index (χ4v) is 3.09. The van der Waals surface area contributed by atoms with Crippen LogP contribution in [-0.2, 0) is 11.3 Å². The van der Waals surface area contributed by atoms with Gasteiger partial charge in [-0.2, -0.15) is 0 Å². The number of H-pyrrole nitrogens is 1. The number of urea groups is 1. The van der Waals surface area contributed by atoms with Crippen LogP contribution in [-0.4, -0.2) is 32.9 Å². The number of aromatic nitrogens is 3. The minimum Gasteiger partial charge on any atom is -0.462 e. The number of rotatable bonds is 8. The van der Waals surface area contributed by atoms with Crippen molar-refractivity contribution in [1.82, 2.24) is 25.8 Å². The van der Waals surface area contributed by atoms with Gasteiger partial charge in [0.15, 0.2) is 0 Å². The lowest BCUT2D eigenvalue weighted by atomic mass is 10.2. The number of carbonyl (C=O) groups is 2. The quantitative estimate of drug-likeness (QED) is 0.490. The molecule has 0 saturated carbocycles. The highest BCUT2D eigenvalue weighted by Crippen LogP contribution is 2.15. The third-order valence-corrected chi connectivity index (χ3v) is 4.61. The largest absolute Gasteiger partial charge is 0.462 e. The molecule has 2 aromatic heterocycles. The number of hydrogen-bond donors (Lipinski definition) is 3. The van der Waals surface area contributed by atoms with Crippen LogP contribution in [0.4, 0.5) is 4.79 Å². The molecule has 9 heteroatoms. The second kappa shape index (κ2) is 10.3. The summed E-state index contributed by atoms with van der Waals surface area (Å²) in [6.07, 6.45) is 3.73. The molecular formula is C20H21N5O3S. The predicted octanol–water partition coefficient (Wildman–Crippen LogP) is 3.38. The monoisotopic (exact) mass is 411 g/mol. The van der Waals surface area contributed by atoms with Crippen molar-refractivity contribution in [2.45, 2.75) is 25.0 Å². The van der Waals surface area contributed by atoms with Crippen LogP contribution in [0.25, 0.3) is 12.2 Å². The van der Waals surface area contributed by atoms with Crippen LogP contribution in [0.1, 0.15) is 29.3 Å². The highest BCUT2D eigenvalue weighted by atomic mass is 32.2. The Bertz CT molecular complexity index is 981. The molecule has 3 rings (SSSR count). The molecule has 0 saturated heterocycles. The number of thioether (sulfide) groups is 1. The van der Waals surface area contributed by atoms with Crippen molar-refractivity contribution in [3.8, 4) is 0 Å². The number of amides is 3. The molecular weight excluding hydrogens is 390 g/mol. The van der Waals surface area contributed by atoms with Crippen molar-refractivity contribution in [1.29, 1.82) is 0 Å². The van der Waals surface area contributed by atoms with E-state index in [4.69, 9.17) is 4.42 Å². The lowest BCUT2D eigenvalue weighted by molar-refractivity contribution is -0.119. The Balaban J connectivity index is 1.35. The van der Waals surface area contributed by atoms with E-state index in [1.807, 2.05) is 49.4 Å². The second-order valence-electron chi connectivity index (χ2n) is 6.10. The van der Waals surface area contributed by atoms with Crippen LogP contribution in [0.3, 0.4) is 0 Å². The molecule has 8 nitrogen and oxygen atoms in total. The lowest BCUT2D eigenvalue weighted by Crippen LogP contribution is -2.39. The Morgan fingerprint density at radius 1 is 1.17 bits per heavy atom. The molecule has 29 heavy (non-hydrogen) atoms. The Morgan fingerprint density at radius 2 is 2.00 bits per heavy atom. The number of carbonyl (C=O) groups excluding carboxylic acids is 2. The Hall–Kier alpha value is -3.33. The number of furan rings is 1. The fourth-order valence-electron chi connectivity index (χ4n) is 2.35. The van der Waals surface area contributed by atoms with Gasteiger partial charge >= 0.3 is 6.03 Å². The molecule has 0 aliphatic rings. The minimum absolute atomic E-state index is 0.175. The van der Waals surface area contributed by atoms with E-state index in [1.54, 1.807) is 12.2 Å². The summed E-state index contributed by atoms with van der Waals surface area (Å²) in [4.78, 5) is 27.9. The maximum absolute atomic E-state index is 11.9. The van der Waals surface area contributed by atoms with Crippen molar-refractivity contribution < 1.29 is 14.0 Å². The molecule has 2 heterocycles. The molecule has 0 fully saturated rings. The lowest BCUT2D eigenvalue weighted by Gasteiger charge is -2.06. The average Bonchev–Trinajstić information content (AvgIpc) is 3.34. The highest BCUT2D eigenvalue weighted by molar-refractivity contribution is 7.99. The highest BCUT2D eigenvalue weighted by Gasteiger charge is 2.09. The maximum Gasteiger partial charge on any atom is 0.321 e. The predicted molar refractivity (Wildman–Crippen MR) is 111 cm³/mol. The molecule has 0 aliphatic heterocycles. The van der Waals surface area contributed by atoms with Crippen molar-refractivity contribution in [3.63, 3.8) is 0 Å². The average molecular weight is 411 g/mol. The van der Waals surface area contributed by atoms with Gasteiger partial charge in [0.05, 0.1) is 0 Å². The van der Waals surface area contributed by atoms with Crippen LogP contribution in [0.15, 0.2) is 52.0 Å². The Morgan fingerprint density at radius 3 is 2.76 bits per heavy atom. The third kappa shape index (κ3) is 6.96. The van der Waals surface area contributed by atoms with Gasteiger partial charge in [-0.25, -0.2) is 9.78 Å². The van der Waals surface area contributed by atoms with E-state index in [9.17, 15) is 9.59 Å². The molecule has 3 N–H and O–H groups in total. The van der Waals surface area contributed by atoms with Gasteiger partial charge < -0.3 is 9.73 Å². The van der Waals surface area contributed by atoms with Crippen molar-refractivity contribution in [3.05, 3.63) is 65.4 Å². The SMILES string of the molecule is Cc1ccc(/C=C/c2nc(SCCC(=O)NC(=O)NCc3ccccc3)n[nH]2)o1. The van der Waals surface area contributed by atoms with Gasteiger partial charge in [-0.1, -0.05) is 42.1 Å². The zero-order valence-electron chi connectivity index (χ0n) is 15.8. The minimum atomic E-state index is -0.512. The molecule has 1 aromatic carbocycles. The number of hydrogen-bond acceptors (Lipinski definition) is 6. The zero-order valence-corrected chi connectivity index (χ0v) is 16.7. The number of aryl methyl sites for hydroxylation is 1. The van der Waals surface area contributed by atoms with E-state index in [1.165, 1.54) is 11.8 Å². The van der Waals surface area contributed by atoms with Gasteiger partial charge in [0.1, 0.15) is 17.3 Å². The normalized spacial score (nSPS) is 10.9. The standard InChI is InChI=1S/C20H21N5O3S/c1-14-7-8-16(28-14)9-10-17-22-20(25-24-17)29-12-11-18(26)23-19(27)21-13-15-5-3-2-4-6-15/h2-10H,11-13H2,1H3,(H,22,24,25)(H2,21,23,26,27)/b10-9+. The number of aromatic amines is 1. The summed E-state index contributed by atoms with van der Waals surface area (Å²) in [5.41, 5.74) is 0.960. The van der Waals surface area contributed by atoms with Crippen LogP contribution in [0.2, 0.25) is 0 Å². The summed E-state index contributed by atoms with van der Waals surface area (Å²) in [5.74, 6) is 2.26. The Kier molecular flexibility index (Phi) is 7.23. The molecule has 3 aromatic rings. The van der Waals surface area contributed by atoms with E-state index < -0.39 is 6.03 Å². The molecule has 0 unspecified atom stereocenters. The summed E-state index contributed by atoms with van der Waals surface area (Å²) < 4.78 is 5.45. The summed E-state index contributed by atoms with van der Waals surface area (Å²) in [6, 6.07) is 12.7. The van der Waals surface area contributed by atoms with Crippen molar-refractivity contribution in [2.75, 3.05) is 5.75 Å². The third-order valence-electron chi connectivity index (χ3n) is 3.76. The molecule has 3 amide bonds. The zero-order chi connectivity index (χ0) is 20.5. The van der Waals surface area contributed by atoms with E-state index in [-0.39, 0.29) is 12.3 Å². The summed E-state index contributed by atoms with van der Waals surface area (Å²) >= 11 is 1.33. The van der Waals surface area contributed by atoms with Crippen LogP contribution >= 0.6 is 11.8 Å². The molecule has 0 aliphatic carbocycles. The fraction of sp³-hybridized carbons (Fsp3) is 0.200. The van der Waals surface area contributed by atoms with Crippen LogP contribution in [0.5, 0.6) is 0 Å². The summed E-state index contributed by atoms with van der Waals surface area (Å²) in [5, 5.41) is 12.4. The first-order valence-electron chi connectivity index (χ1n) is 9.00. The van der Waals surface area contributed by atoms with Crippen LogP contribution in [0, 0.1) is 6.92 Å². The molecule has 0 bridgehead atoms. The number of benzene rings is 1. The van der Waals surface area contributed by atoms with E-state index >= 15 is 0 Å². The smallest absolute Gasteiger partial charge is 0.321 e. The van der Waals surface area contributed by atoms with Gasteiger partial charge in [0, 0.05) is 18.7 Å². The summed E-state index contributed by atoms with van der Waals surface area (Å²) in [6.45, 7) is 2.24. The first-order valence-corrected chi connectivity index (χ1v) is 9.98. The van der Waals surface area contributed by atoms with E-state index in [2.05, 4.69) is 25.8 Å². The molecule has 150 valence electrons. The number of imide groups is 1. The maximum atomic E-state index is 11.9. The van der Waals surface area contributed by atoms with E-state index in [0.29, 0.717) is 23.3 Å². The summed E-state index contributed by atoms with van der Waals surface area (Å²) in [7, 11) is 0. The number of nitrogens with zero attached hydrogens (tertiary/aromatic N) is 2. The topological polar surface area (TPSA) is 113 Å². The van der Waals surface area contributed by atoms with Gasteiger partial charge in [-0.15, -0.1) is 5.10 Å². The first-order chi connectivity index (χ1) is 14.1. The van der Waals surface area contributed by atoms with Crippen molar-refractivity contribution >= 4 is 35.9 Å². The van der Waals surface area contributed by atoms with Crippen LogP contribution < -0.4 is 10.6 Å².